The van der Waals surface area contributed by atoms with Crippen LogP contribution in [-0.2, 0) is 13.2 Å². The number of hydrogen-bond donors (Lipinski definition) is 2. The Morgan fingerprint density at radius 3 is 2.84 bits per heavy atom. The molecule has 7 nitrogen and oxygen atoms in total. The summed E-state index contributed by atoms with van der Waals surface area (Å²) in [7, 11) is 0. The Morgan fingerprint density at radius 2 is 2.00 bits per heavy atom. The fourth-order valence-electron chi connectivity index (χ4n) is 3.63. The molecule has 0 bridgehead atoms. The minimum atomic E-state index is -0.239. The van der Waals surface area contributed by atoms with Crippen molar-refractivity contribution in [2.45, 2.75) is 26.0 Å². The molecule has 0 unspecified atom stereocenters. The monoisotopic (exact) mass is 432 g/mol. The minimum absolute atomic E-state index is 0.130. The van der Waals surface area contributed by atoms with Crippen LogP contribution in [0.25, 0.3) is 11.3 Å². The molecule has 0 saturated heterocycles. The third-order valence-corrected chi connectivity index (χ3v) is 5.62. The second kappa shape index (κ2) is 8.88. The van der Waals surface area contributed by atoms with Crippen molar-refractivity contribution in [3.8, 4) is 28.5 Å². The maximum Gasteiger partial charge on any atom is 0.255 e. The first kappa shape index (κ1) is 20.3. The molecule has 2 aliphatic rings. The van der Waals surface area contributed by atoms with Crippen molar-refractivity contribution < 1.29 is 24.1 Å². The molecule has 1 amide bonds. The molecule has 1 aliphatic heterocycles. The van der Waals surface area contributed by atoms with E-state index in [1.54, 1.807) is 18.3 Å². The van der Waals surface area contributed by atoms with Gasteiger partial charge < -0.3 is 24.6 Å². The summed E-state index contributed by atoms with van der Waals surface area (Å²) in [5.74, 6) is 2.26. The molecule has 3 aromatic rings. The maximum atomic E-state index is 13.2. The van der Waals surface area contributed by atoms with Gasteiger partial charge >= 0.3 is 0 Å². The molecular formula is C25H24N2O5. The van der Waals surface area contributed by atoms with E-state index >= 15 is 0 Å². The van der Waals surface area contributed by atoms with E-state index in [2.05, 4.69) is 10.3 Å². The molecule has 1 aliphatic carbocycles. The van der Waals surface area contributed by atoms with Gasteiger partial charge in [0.15, 0.2) is 11.5 Å². The van der Waals surface area contributed by atoms with Crippen molar-refractivity contribution >= 4 is 5.91 Å². The molecule has 5 rings (SSSR count). The van der Waals surface area contributed by atoms with Gasteiger partial charge in [0, 0.05) is 23.9 Å². The molecule has 7 heteroatoms. The average molecular weight is 432 g/mol. The highest BCUT2D eigenvalue weighted by atomic mass is 16.7. The Balaban J connectivity index is 1.39. The number of rotatable bonds is 8. The molecule has 2 aromatic carbocycles. The van der Waals surface area contributed by atoms with E-state index in [0.29, 0.717) is 53.1 Å². The number of aromatic nitrogens is 1. The lowest BCUT2D eigenvalue weighted by molar-refractivity contribution is 0.0946. The lowest BCUT2D eigenvalue weighted by Crippen LogP contribution is -2.23. The molecule has 0 radical (unpaired) electrons. The van der Waals surface area contributed by atoms with Crippen LogP contribution in [0.2, 0.25) is 0 Å². The first-order valence-corrected chi connectivity index (χ1v) is 10.7. The maximum absolute atomic E-state index is 13.2. The van der Waals surface area contributed by atoms with Crippen LogP contribution >= 0.6 is 0 Å². The van der Waals surface area contributed by atoms with E-state index in [-0.39, 0.29) is 19.3 Å². The lowest BCUT2D eigenvalue weighted by atomic mass is 10.0. The number of nitrogens with one attached hydrogen (secondary N) is 1. The number of hydrogen-bond acceptors (Lipinski definition) is 6. The molecule has 164 valence electrons. The van der Waals surface area contributed by atoms with Crippen LogP contribution < -0.4 is 19.5 Å². The topological polar surface area (TPSA) is 89.9 Å². The van der Waals surface area contributed by atoms with Gasteiger partial charge in [0.05, 0.1) is 24.5 Å². The van der Waals surface area contributed by atoms with Crippen LogP contribution in [0.1, 0.15) is 34.3 Å². The summed E-state index contributed by atoms with van der Waals surface area (Å²) >= 11 is 0. The van der Waals surface area contributed by atoms with Crippen LogP contribution in [0, 0.1) is 5.92 Å². The second-order valence-electron chi connectivity index (χ2n) is 8.00. The number of nitrogens with zero attached hydrogens (tertiary/aromatic N) is 1. The lowest BCUT2D eigenvalue weighted by Gasteiger charge is -2.14. The van der Waals surface area contributed by atoms with Crippen molar-refractivity contribution in [2.75, 3.05) is 13.4 Å². The Morgan fingerprint density at radius 1 is 1.12 bits per heavy atom. The highest BCUT2D eigenvalue weighted by Crippen LogP contribution is 2.34. The van der Waals surface area contributed by atoms with Crippen molar-refractivity contribution in [3.63, 3.8) is 0 Å². The van der Waals surface area contributed by atoms with Gasteiger partial charge in [-0.3, -0.25) is 9.78 Å². The fraction of sp³-hybridized carbons (Fsp3) is 0.280. The van der Waals surface area contributed by atoms with Crippen molar-refractivity contribution in [2.24, 2.45) is 5.92 Å². The van der Waals surface area contributed by atoms with Crippen molar-refractivity contribution in [1.82, 2.24) is 10.3 Å². The molecule has 1 saturated carbocycles. The summed E-state index contributed by atoms with van der Waals surface area (Å²) < 4.78 is 16.7. The zero-order valence-corrected chi connectivity index (χ0v) is 17.5. The zero-order chi connectivity index (χ0) is 21.9. The number of pyridine rings is 1. The highest BCUT2D eigenvalue weighted by molar-refractivity contribution is 5.98. The molecule has 0 atom stereocenters. The number of carbonyl (C=O) groups excluding carboxylic acids is 1. The number of benzene rings is 2. The van der Waals surface area contributed by atoms with Crippen LogP contribution in [0.4, 0.5) is 0 Å². The van der Waals surface area contributed by atoms with E-state index < -0.39 is 0 Å². The largest absolute Gasteiger partial charge is 0.492 e. The standard InChI is InChI=1S/C25H24N2O5/c28-13-19-2-1-9-26-24(19)18-6-8-21(30-14-16-3-4-16)20(11-18)25(29)27-12-17-5-7-22-23(10-17)32-15-31-22/h1-2,5-11,16,28H,3-4,12-15H2,(H,27,29). The molecule has 2 N–H and O–H groups in total. The molecule has 2 heterocycles. The third kappa shape index (κ3) is 4.38. The van der Waals surface area contributed by atoms with E-state index in [0.717, 1.165) is 24.0 Å². The van der Waals surface area contributed by atoms with E-state index in [9.17, 15) is 9.90 Å². The fourth-order valence-corrected chi connectivity index (χ4v) is 3.63. The van der Waals surface area contributed by atoms with Gasteiger partial charge in [-0.15, -0.1) is 0 Å². The third-order valence-electron chi connectivity index (χ3n) is 5.62. The zero-order valence-electron chi connectivity index (χ0n) is 17.5. The van der Waals surface area contributed by atoms with Gasteiger partial charge in [-0.25, -0.2) is 0 Å². The predicted molar refractivity (Wildman–Crippen MR) is 118 cm³/mol. The summed E-state index contributed by atoms with van der Waals surface area (Å²) in [5.41, 5.74) is 3.45. The van der Waals surface area contributed by atoms with Crippen LogP contribution in [0.5, 0.6) is 17.2 Å². The summed E-state index contributed by atoms with van der Waals surface area (Å²) in [6, 6.07) is 14.7. The van der Waals surface area contributed by atoms with Gasteiger partial charge in [0.1, 0.15) is 5.75 Å². The second-order valence-corrected chi connectivity index (χ2v) is 8.00. The van der Waals surface area contributed by atoms with Gasteiger partial charge in [0.25, 0.3) is 5.91 Å². The summed E-state index contributed by atoms with van der Waals surface area (Å²) in [6.07, 6.45) is 4.00. The van der Waals surface area contributed by atoms with E-state index in [4.69, 9.17) is 14.2 Å². The number of fused-ring (bicyclic) bond motifs is 1. The first-order valence-electron chi connectivity index (χ1n) is 10.7. The van der Waals surface area contributed by atoms with Gasteiger partial charge in [-0.2, -0.15) is 0 Å². The predicted octanol–water partition coefficient (Wildman–Crippen LogP) is 3.69. The summed E-state index contributed by atoms with van der Waals surface area (Å²) in [6.45, 7) is 1.03. The quantitative estimate of drug-likeness (QED) is 0.564. The van der Waals surface area contributed by atoms with Crippen LogP contribution in [0.15, 0.2) is 54.7 Å². The minimum Gasteiger partial charge on any atom is -0.492 e. The van der Waals surface area contributed by atoms with Gasteiger partial charge in [0.2, 0.25) is 6.79 Å². The van der Waals surface area contributed by atoms with E-state index in [1.807, 2.05) is 36.4 Å². The Kier molecular flexibility index (Phi) is 5.64. The Bertz CT molecular complexity index is 1140. The highest BCUT2D eigenvalue weighted by Gasteiger charge is 2.24. The van der Waals surface area contributed by atoms with Crippen molar-refractivity contribution in [1.29, 1.82) is 0 Å². The number of carbonyl (C=O) groups is 1. The summed E-state index contributed by atoms with van der Waals surface area (Å²) in [4.78, 5) is 17.6. The number of aliphatic hydroxyl groups excluding tert-OH is 1. The average Bonchev–Trinajstić information content (AvgIpc) is 3.55. The molecule has 0 spiro atoms. The molecule has 1 fully saturated rings. The smallest absolute Gasteiger partial charge is 0.255 e. The number of ether oxygens (including phenoxy) is 3. The molecule has 1 aromatic heterocycles. The number of aliphatic hydroxyl groups is 1. The van der Waals surface area contributed by atoms with E-state index in [1.165, 1.54) is 0 Å². The normalized spacial score (nSPS) is 14.3. The Labute approximate surface area is 186 Å². The molecular weight excluding hydrogens is 408 g/mol. The summed E-state index contributed by atoms with van der Waals surface area (Å²) in [5, 5.41) is 12.7. The van der Waals surface area contributed by atoms with Crippen LogP contribution in [0.3, 0.4) is 0 Å². The Hall–Kier alpha value is -3.58. The SMILES string of the molecule is O=C(NCc1ccc2c(c1)OCO2)c1cc(-c2ncccc2CO)ccc1OCC1CC1. The van der Waals surface area contributed by atoms with Crippen LogP contribution in [-0.4, -0.2) is 29.4 Å². The number of amides is 1. The first-order chi connectivity index (χ1) is 15.7. The molecule has 32 heavy (non-hydrogen) atoms. The van der Waals surface area contributed by atoms with Crippen molar-refractivity contribution in [3.05, 3.63) is 71.4 Å². The van der Waals surface area contributed by atoms with Gasteiger partial charge in [-0.05, 0) is 60.7 Å². The van der Waals surface area contributed by atoms with Gasteiger partial charge in [-0.1, -0.05) is 12.1 Å².